The smallest absolute Gasteiger partial charge is 0.261 e. The Bertz CT molecular complexity index is 1210. The number of phenols is 1. The summed E-state index contributed by atoms with van der Waals surface area (Å²) in [6.45, 7) is 12.2. The van der Waals surface area contributed by atoms with Crippen LogP contribution >= 0.6 is 0 Å². The van der Waals surface area contributed by atoms with Gasteiger partial charge >= 0.3 is 0 Å². The number of hydrogen-bond donors (Lipinski definition) is 3. The van der Waals surface area contributed by atoms with Gasteiger partial charge in [-0.25, -0.2) is 0 Å². The molecule has 0 radical (unpaired) electrons. The number of pyridine rings is 1. The van der Waals surface area contributed by atoms with Crippen molar-refractivity contribution in [1.29, 1.82) is 0 Å². The molecule has 31 heavy (non-hydrogen) atoms. The number of aromatic amines is 1. The van der Waals surface area contributed by atoms with E-state index in [0.29, 0.717) is 22.3 Å². The number of aromatic nitrogens is 1. The third kappa shape index (κ3) is 4.43. The number of hydrogen-bond acceptors (Lipinski definition) is 4. The van der Waals surface area contributed by atoms with Gasteiger partial charge in [0.15, 0.2) is 0 Å². The lowest BCUT2D eigenvalue weighted by molar-refractivity contribution is 0.102. The zero-order valence-electron chi connectivity index (χ0n) is 19.1. The summed E-state index contributed by atoms with van der Waals surface area (Å²) in [4.78, 5) is 29.0. The highest BCUT2D eigenvalue weighted by atomic mass is 16.5. The zero-order chi connectivity index (χ0) is 23.1. The van der Waals surface area contributed by atoms with Gasteiger partial charge in [-0.2, -0.15) is 0 Å². The minimum absolute atomic E-state index is 0.00286. The number of ether oxygens (including phenoxy) is 1. The van der Waals surface area contributed by atoms with Crippen LogP contribution in [-0.4, -0.2) is 23.1 Å². The summed E-state index contributed by atoms with van der Waals surface area (Å²) >= 11 is 0. The van der Waals surface area contributed by atoms with Crippen LogP contribution in [0.5, 0.6) is 11.5 Å². The lowest BCUT2D eigenvalue weighted by Gasteiger charge is -2.28. The highest BCUT2D eigenvalue weighted by Crippen LogP contribution is 2.39. The van der Waals surface area contributed by atoms with E-state index in [4.69, 9.17) is 4.74 Å². The van der Waals surface area contributed by atoms with Gasteiger partial charge in [0.1, 0.15) is 17.1 Å². The molecule has 6 nitrogen and oxygen atoms in total. The van der Waals surface area contributed by atoms with Crippen LogP contribution in [0.25, 0.3) is 10.9 Å². The molecule has 3 rings (SSSR count). The number of aromatic hydroxyl groups is 1. The summed E-state index contributed by atoms with van der Waals surface area (Å²) in [7, 11) is 1.55. The van der Waals surface area contributed by atoms with Gasteiger partial charge in [-0.3, -0.25) is 9.59 Å². The topological polar surface area (TPSA) is 91.4 Å². The van der Waals surface area contributed by atoms with Crippen LogP contribution in [0.2, 0.25) is 0 Å². The third-order valence-electron chi connectivity index (χ3n) is 5.33. The minimum atomic E-state index is -0.535. The molecule has 0 fully saturated rings. The Balaban J connectivity index is 2.06. The molecule has 164 valence electrons. The zero-order valence-corrected chi connectivity index (χ0v) is 19.1. The maximum absolute atomic E-state index is 13.0. The van der Waals surface area contributed by atoms with E-state index in [0.717, 1.165) is 11.1 Å². The quantitative estimate of drug-likeness (QED) is 0.548. The molecule has 1 amide bonds. The fourth-order valence-corrected chi connectivity index (χ4v) is 3.60. The van der Waals surface area contributed by atoms with Crippen molar-refractivity contribution in [3.63, 3.8) is 0 Å². The van der Waals surface area contributed by atoms with Crippen molar-refractivity contribution in [3.8, 4) is 11.5 Å². The SMILES string of the molecule is COc1ccc2c(=O)c(C(=O)Nc3cc(O)c(C(C)(C)C)cc3C(C)(C)C)c[nH]c2c1. The number of methoxy groups -OCH3 is 1. The molecule has 3 N–H and O–H groups in total. The number of H-pyrrole nitrogens is 1. The predicted octanol–water partition coefficient (Wildman–Crippen LogP) is 5.09. The Labute approximate surface area is 182 Å². The minimum Gasteiger partial charge on any atom is -0.508 e. The fraction of sp³-hybridized carbons (Fsp3) is 0.360. The van der Waals surface area contributed by atoms with Crippen LogP contribution in [0.1, 0.15) is 63.0 Å². The van der Waals surface area contributed by atoms with Gasteiger partial charge in [-0.1, -0.05) is 41.5 Å². The summed E-state index contributed by atoms with van der Waals surface area (Å²) in [6, 6.07) is 8.52. The predicted molar refractivity (Wildman–Crippen MR) is 125 cm³/mol. The molecule has 0 saturated carbocycles. The van der Waals surface area contributed by atoms with E-state index in [1.165, 1.54) is 6.20 Å². The molecule has 0 aliphatic rings. The van der Waals surface area contributed by atoms with Crippen molar-refractivity contribution < 1.29 is 14.6 Å². The van der Waals surface area contributed by atoms with E-state index in [-0.39, 0.29) is 27.6 Å². The second-order valence-electron chi connectivity index (χ2n) is 9.81. The number of fused-ring (bicyclic) bond motifs is 1. The van der Waals surface area contributed by atoms with Crippen molar-refractivity contribution in [2.24, 2.45) is 0 Å². The van der Waals surface area contributed by atoms with Gasteiger partial charge in [0, 0.05) is 29.4 Å². The van der Waals surface area contributed by atoms with E-state index in [1.807, 2.05) is 47.6 Å². The van der Waals surface area contributed by atoms with Crippen LogP contribution in [0.3, 0.4) is 0 Å². The first-order chi connectivity index (χ1) is 14.3. The van der Waals surface area contributed by atoms with Crippen molar-refractivity contribution in [3.05, 3.63) is 63.4 Å². The number of benzene rings is 2. The average Bonchev–Trinajstić information content (AvgIpc) is 2.65. The summed E-state index contributed by atoms with van der Waals surface area (Å²) in [6.07, 6.45) is 1.40. The van der Waals surface area contributed by atoms with Gasteiger partial charge in [0.05, 0.1) is 12.6 Å². The monoisotopic (exact) mass is 422 g/mol. The van der Waals surface area contributed by atoms with Crippen LogP contribution < -0.4 is 15.5 Å². The largest absolute Gasteiger partial charge is 0.508 e. The first-order valence-electron chi connectivity index (χ1n) is 10.2. The first kappa shape index (κ1) is 22.4. The van der Waals surface area contributed by atoms with Gasteiger partial charge in [0.2, 0.25) is 5.43 Å². The number of nitrogens with one attached hydrogen (secondary N) is 2. The molecule has 0 bridgehead atoms. The molecule has 2 aromatic carbocycles. The van der Waals surface area contributed by atoms with E-state index in [1.54, 1.807) is 31.4 Å². The van der Waals surface area contributed by atoms with E-state index >= 15 is 0 Å². The Kier molecular flexibility index (Phi) is 5.61. The molecule has 0 aliphatic carbocycles. The average molecular weight is 423 g/mol. The molecule has 0 aliphatic heterocycles. The number of anilines is 1. The lowest BCUT2D eigenvalue weighted by Crippen LogP contribution is -2.25. The van der Waals surface area contributed by atoms with Crippen molar-refractivity contribution >= 4 is 22.5 Å². The maximum Gasteiger partial charge on any atom is 0.261 e. The first-order valence-corrected chi connectivity index (χ1v) is 10.2. The Morgan fingerprint density at radius 1 is 1.00 bits per heavy atom. The van der Waals surface area contributed by atoms with Crippen LogP contribution in [0.4, 0.5) is 5.69 Å². The summed E-state index contributed by atoms with van der Waals surface area (Å²) in [5, 5.41) is 13.9. The van der Waals surface area contributed by atoms with E-state index in [9.17, 15) is 14.7 Å². The van der Waals surface area contributed by atoms with E-state index in [2.05, 4.69) is 10.3 Å². The van der Waals surface area contributed by atoms with Gasteiger partial charge in [-0.05, 0) is 40.2 Å². The third-order valence-corrected chi connectivity index (χ3v) is 5.33. The molecule has 1 aromatic heterocycles. The molecule has 0 spiro atoms. The molecule has 6 heteroatoms. The Morgan fingerprint density at radius 3 is 2.23 bits per heavy atom. The fourth-order valence-electron chi connectivity index (χ4n) is 3.60. The Morgan fingerprint density at radius 2 is 1.65 bits per heavy atom. The Hall–Kier alpha value is -3.28. The molecule has 3 aromatic rings. The summed E-state index contributed by atoms with van der Waals surface area (Å²) < 4.78 is 5.18. The van der Waals surface area contributed by atoms with Crippen LogP contribution in [0.15, 0.2) is 41.3 Å². The standard InChI is InChI=1S/C25H30N2O4/c1-24(2,3)17-11-18(25(4,5)6)21(28)12-20(17)27-23(30)16-13-26-19-10-14(31-7)8-9-15(19)22(16)29/h8-13,28H,1-7H3,(H,26,29)(H,27,30). The molecular formula is C25H30N2O4. The van der Waals surface area contributed by atoms with Gasteiger partial charge in [0.25, 0.3) is 5.91 Å². The highest BCUT2D eigenvalue weighted by molar-refractivity contribution is 6.06. The van der Waals surface area contributed by atoms with Crippen molar-refractivity contribution in [2.45, 2.75) is 52.4 Å². The second-order valence-corrected chi connectivity index (χ2v) is 9.81. The number of amides is 1. The molecule has 0 unspecified atom stereocenters. The second kappa shape index (κ2) is 7.76. The molecule has 0 atom stereocenters. The maximum atomic E-state index is 13.0. The van der Waals surface area contributed by atoms with Gasteiger partial charge in [-0.15, -0.1) is 0 Å². The number of carbonyl (C=O) groups excluding carboxylic acids is 1. The molecular weight excluding hydrogens is 392 g/mol. The van der Waals surface area contributed by atoms with Crippen LogP contribution in [-0.2, 0) is 10.8 Å². The molecule has 1 heterocycles. The normalized spacial score (nSPS) is 12.1. The highest BCUT2D eigenvalue weighted by Gasteiger charge is 2.26. The van der Waals surface area contributed by atoms with Gasteiger partial charge < -0.3 is 20.1 Å². The van der Waals surface area contributed by atoms with Crippen LogP contribution in [0, 0.1) is 0 Å². The number of rotatable bonds is 3. The lowest BCUT2D eigenvalue weighted by atomic mass is 9.79. The summed E-state index contributed by atoms with van der Waals surface area (Å²) in [5.41, 5.74) is 1.82. The molecule has 0 saturated heterocycles. The van der Waals surface area contributed by atoms with E-state index < -0.39 is 5.91 Å². The number of phenolic OH excluding ortho intramolecular Hbond substituents is 1. The summed E-state index contributed by atoms with van der Waals surface area (Å²) in [5.74, 6) is 0.187. The van der Waals surface area contributed by atoms with Crippen molar-refractivity contribution in [2.75, 3.05) is 12.4 Å². The van der Waals surface area contributed by atoms with Crippen molar-refractivity contribution in [1.82, 2.24) is 4.98 Å². The number of carbonyl (C=O) groups is 1.